The first kappa shape index (κ1) is 75.0. The van der Waals surface area contributed by atoms with E-state index in [9.17, 15) is 45.6 Å². The molecule has 14 heteroatoms. The average Bonchev–Trinajstić information content (AvgIpc) is 3.55. The number of aliphatic hydroxyl groups is 8. The monoisotopic (exact) mass is 1150 g/mol. The molecule has 0 aromatic rings. The third-order valence-electron chi connectivity index (χ3n) is 16.2. The molecule has 474 valence electrons. The highest BCUT2D eigenvalue weighted by molar-refractivity contribution is 5.76. The van der Waals surface area contributed by atoms with Gasteiger partial charge in [-0.05, 0) is 64.2 Å². The summed E-state index contributed by atoms with van der Waals surface area (Å²) in [5.41, 5.74) is 0. The Morgan fingerprint density at radius 3 is 1.30 bits per heavy atom. The van der Waals surface area contributed by atoms with Crippen LogP contribution in [0.2, 0.25) is 0 Å². The molecule has 81 heavy (non-hydrogen) atoms. The number of carbonyl (C=O) groups excluding carboxylic acids is 1. The number of unbranched alkanes of at least 4 members (excludes halogenated alkanes) is 35. The molecule has 0 radical (unpaired) electrons. The van der Waals surface area contributed by atoms with E-state index in [0.717, 1.165) is 38.5 Å². The van der Waals surface area contributed by atoms with Gasteiger partial charge >= 0.3 is 0 Å². The second-order valence-corrected chi connectivity index (χ2v) is 23.6. The number of hydrogen-bond donors (Lipinski definition) is 9. The van der Waals surface area contributed by atoms with E-state index in [-0.39, 0.29) is 18.9 Å². The summed E-state index contributed by atoms with van der Waals surface area (Å²) >= 11 is 0. The van der Waals surface area contributed by atoms with Crippen LogP contribution in [0.4, 0.5) is 0 Å². The Morgan fingerprint density at radius 2 is 0.827 bits per heavy atom. The van der Waals surface area contributed by atoms with Crippen LogP contribution in [-0.4, -0.2) is 140 Å². The molecule has 0 saturated carbocycles. The molecule has 2 aliphatic heterocycles. The molecule has 2 heterocycles. The Bertz CT molecular complexity index is 1540. The Kier molecular flexibility index (Phi) is 48.5. The van der Waals surface area contributed by atoms with E-state index in [1.165, 1.54) is 205 Å². The summed E-state index contributed by atoms with van der Waals surface area (Å²) in [7, 11) is 0. The fourth-order valence-electron chi connectivity index (χ4n) is 10.9. The first-order valence-electron chi connectivity index (χ1n) is 33.4. The lowest BCUT2D eigenvalue weighted by Crippen LogP contribution is -2.65. The number of aliphatic hydroxyl groups excluding tert-OH is 8. The van der Waals surface area contributed by atoms with Crippen LogP contribution in [0.15, 0.2) is 48.6 Å². The topological polar surface area (TPSA) is 228 Å². The van der Waals surface area contributed by atoms with Crippen molar-refractivity contribution in [3.63, 3.8) is 0 Å². The van der Waals surface area contributed by atoms with E-state index in [1.54, 1.807) is 6.08 Å². The number of nitrogens with one attached hydrogen (secondary N) is 1. The summed E-state index contributed by atoms with van der Waals surface area (Å²) in [5, 5.41) is 86.9. The van der Waals surface area contributed by atoms with Crippen molar-refractivity contribution in [2.75, 3.05) is 19.8 Å². The van der Waals surface area contributed by atoms with E-state index >= 15 is 0 Å². The number of allylic oxidation sites excluding steroid dienone is 7. The molecule has 2 saturated heterocycles. The van der Waals surface area contributed by atoms with Crippen molar-refractivity contribution < 1.29 is 64.6 Å². The zero-order valence-electron chi connectivity index (χ0n) is 51.3. The molecule has 14 nitrogen and oxygen atoms in total. The molecule has 2 rings (SSSR count). The van der Waals surface area contributed by atoms with E-state index in [4.69, 9.17) is 18.9 Å². The molecular weight excluding hydrogens is 1030 g/mol. The molecule has 0 bridgehead atoms. The van der Waals surface area contributed by atoms with Crippen LogP contribution >= 0.6 is 0 Å². The summed E-state index contributed by atoms with van der Waals surface area (Å²) < 4.78 is 22.7. The lowest BCUT2D eigenvalue weighted by atomic mass is 9.97. The fourth-order valence-corrected chi connectivity index (χ4v) is 10.9. The number of hydrogen-bond acceptors (Lipinski definition) is 13. The Morgan fingerprint density at radius 1 is 0.444 bits per heavy atom. The zero-order valence-corrected chi connectivity index (χ0v) is 51.3. The van der Waals surface area contributed by atoms with Gasteiger partial charge in [0.25, 0.3) is 0 Å². The normalized spacial score (nSPS) is 24.4. The average molecular weight is 1150 g/mol. The summed E-state index contributed by atoms with van der Waals surface area (Å²) in [4.78, 5) is 13.2. The van der Waals surface area contributed by atoms with Crippen molar-refractivity contribution in [3.05, 3.63) is 48.6 Å². The SMILES string of the molecule is CCCCCC/C=C/CC/C=C/C(O)C(COC1OC(CO)C(OC2OC(CO)C(O)C(O)C2O)C(O)C1O)NC(=O)CCCCCCCCCCCCCCCCCCCCCCCCCCC/C=C\C/C=C\CCCCCCC. The molecule has 0 aromatic carbocycles. The minimum absolute atomic E-state index is 0.248. The second kappa shape index (κ2) is 52.3. The molecule has 0 spiro atoms. The zero-order chi connectivity index (χ0) is 58.8. The smallest absolute Gasteiger partial charge is 0.220 e. The van der Waals surface area contributed by atoms with Gasteiger partial charge in [-0.2, -0.15) is 0 Å². The number of carbonyl (C=O) groups is 1. The predicted molar refractivity (Wildman–Crippen MR) is 327 cm³/mol. The minimum atomic E-state index is -1.79. The molecule has 12 unspecified atom stereocenters. The van der Waals surface area contributed by atoms with Crippen LogP contribution in [0, 0.1) is 0 Å². The maximum Gasteiger partial charge on any atom is 0.220 e. The molecule has 0 aliphatic carbocycles. The molecule has 2 aliphatic rings. The van der Waals surface area contributed by atoms with Crippen LogP contribution < -0.4 is 5.32 Å². The lowest BCUT2D eigenvalue weighted by molar-refractivity contribution is -0.359. The quantitative estimate of drug-likeness (QED) is 0.0204. The van der Waals surface area contributed by atoms with Crippen LogP contribution in [0.3, 0.4) is 0 Å². The van der Waals surface area contributed by atoms with Gasteiger partial charge in [0.15, 0.2) is 12.6 Å². The van der Waals surface area contributed by atoms with E-state index in [0.29, 0.717) is 12.8 Å². The molecule has 2 fully saturated rings. The maximum atomic E-state index is 13.2. The number of ether oxygens (including phenoxy) is 4. The highest BCUT2D eigenvalue weighted by atomic mass is 16.7. The standard InChI is InChI=1S/C67H123NO13/c1-3-5-7-9-11-13-15-16-17-18-19-20-21-22-23-24-25-26-27-28-29-30-31-32-33-34-35-36-37-38-39-40-41-43-45-47-49-51-59(72)68-55(56(71)50-48-46-44-42-14-12-10-8-6-4-2)54-78-66-64(77)62(75)65(58(53-70)80-66)81-67-63(76)61(74)60(73)57(52-69)79-67/h14-16,18-19,42,48,50,55-58,60-67,69-71,73-77H,3-13,17,20-41,43-47,49,51-54H2,1-2H3,(H,68,72)/b16-15-,19-18-,42-14+,50-48+. The van der Waals surface area contributed by atoms with Crippen LogP contribution in [0.1, 0.15) is 277 Å². The lowest BCUT2D eigenvalue weighted by Gasteiger charge is -2.46. The third-order valence-corrected chi connectivity index (χ3v) is 16.2. The predicted octanol–water partition coefficient (Wildman–Crippen LogP) is 12.7. The van der Waals surface area contributed by atoms with Crippen LogP contribution in [0.5, 0.6) is 0 Å². The minimum Gasteiger partial charge on any atom is -0.394 e. The van der Waals surface area contributed by atoms with Gasteiger partial charge < -0.3 is 65.1 Å². The first-order valence-corrected chi connectivity index (χ1v) is 33.4. The van der Waals surface area contributed by atoms with Gasteiger partial charge in [-0.25, -0.2) is 0 Å². The van der Waals surface area contributed by atoms with Crippen LogP contribution in [0.25, 0.3) is 0 Å². The fraction of sp³-hybridized carbons (Fsp3) is 0.866. The highest BCUT2D eigenvalue weighted by Gasteiger charge is 2.51. The first-order chi connectivity index (χ1) is 39.6. The van der Waals surface area contributed by atoms with E-state index < -0.39 is 86.8 Å². The van der Waals surface area contributed by atoms with E-state index in [2.05, 4.69) is 55.6 Å². The number of rotatable bonds is 54. The van der Waals surface area contributed by atoms with Gasteiger partial charge in [0.05, 0.1) is 32.0 Å². The Balaban J connectivity index is 1.55. The van der Waals surface area contributed by atoms with Crippen molar-refractivity contribution >= 4 is 5.91 Å². The van der Waals surface area contributed by atoms with Gasteiger partial charge in [0.1, 0.15) is 48.8 Å². The summed E-state index contributed by atoms with van der Waals surface area (Å²) in [6.07, 6.45) is 50.7. The van der Waals surface area contributed by atoms with Gasteiger partial charge in [-0.1, -0.05) is 255 Å². The second-order valence-electron chi connectivity index (χ2n) is 23.6. The van der Waals surface area contributed by atoms with Crippen molar-refractivity contribution in [1.82, 2.24) is 5.32 Å². The Hall–Kier alpha value is -2.05. The Labute approximate surface area is 493 Å². The summed E-state index contributed by atoms with van der Waals surface area (Å²) in [6.45, 7) is 2.74. The largest absolute Gasteiger partial charge is 0.394 e. The van der Waals surface area contributed by atoms with Crippen molar-refractivity contribution in [2.24, 2.45) is 0 Å². The van der Waals surface area contributed by atoms with Crippen LogP contribution in [-0.2, 0) is 23.7 Å². The van der Waals surface area contributed by atoms with Crippen molar-refractivity contribution in [2.45, 2.75) is 351 Å². The van der Waals surface area contributed by atoms with Crippen molar-refractivity contribution in [3.8, 4) is 0 Å². The van der Waals surface area contributed by atoms with E-state index in [1.807, 2.05) is 6.08 Å². The molecule has 9 N–H and O–H groups in total. The van der Waals surface area contributed by atoms with Gasteiger partial charge in [0, 0.05) is 6.42 Å². The third kappa shape index (κ3) is 37.2. The molecule has 1 amide bonds. The molecule has 0 aromatic heterocycles. The van der Waals surface area contributed by atoms with Gasteiger partial charge in [-0.15, -0.1) is 0 Å². The van der Waals surface area contributed by atoms with Crippen molar-refractivity contribution in [1.29, 1.82) is 0 Å². The highest BCUT2D eigenvalue weighted by Crippen LogP contribution is 2.30. The maximum absolute atomic E-state index is 13.2. The van der Waals surface area contributed by atoms with Gasteiger partial charge in [0.2, 0.25) is 5.91 Å². The number of amides is 1. The summed E-state index contributed by atoms with van der Waals surface area (Å²) in [6, 6.07) is -0.928. The molecular formula is C67H123NO13. The van der Waals surface area contributed by atoms with Gasteiger partial charge in [-0.3, -0.25) is 4.79 Å². The molecule has 12 atom stereocenters. The summed E-state index contributed by atoms with van der Waals surface area (Å²) in [5.74, 6) is -0.248.